The number of hydrogen-bond donors (Lipinski definition) is 1. The molecule has 1 aliphatic carbocycles. The van der Waals surface area contributed by atoms with Gasteiger partial charge in [0.1, 0.15) is 5.41 Å². The van der Waals surface area contributed by atoms with E-state index in [0.717, 1.165) is 22.5 Å². The smallest absolute Gasteiger partial charge is 0.354 e. The number of nitrogens with zero attached hydrogens (tertiary/aromatic N) is 2. The van der Waals surface area contributed by atoms with E-state index in [4.69, 9.17) is 0 Å². The molecule has 2 aromatic heterocycles. The lowest BCUT2D eigenvalue weighted by atomic mass is 9.87. The number of nitrogens with one attached hydrogen (secondary N) is 1. The van der Waals surface area contributed by atoms with Crippen LogP contribution in [0.25, 0.3) is 22.2 Å². The lowest BCUT2D eigenvalue weighted by Crippen LogP contribution is -2.47. The van der Waals surface area contributed by atoms with Crippen LogP contribution >= 0.6 is 0 Å². The molecule has 1 amide bonds. The molecule has 3 aromatic rings. The minimum absolute atomic E-state index is 0.0727. The second-order valence-electron chi connectivity index (χ2n) is 10.2. The molecule has 0 radical (unpaired) electrons. The summed E-state index contributed by atoms with van der Waals surface area (Å²) in [5.74, 6) is -0.182. The summed E-state index contributed by atoms with van der Waals surface area (Å²) in [6.07, 6.45) is -1.40. The Morgan fingerprint density at radius 1 is 1.15 bits per heavy atom. The van der Waals surface area contributed by atoms with Crippen LogP contribution in [0.15, 0.2) is 36.5 Å². The van der Waals surface area contributed by atoms with Crippen LogP contribution in [0.2, 0.25) is 0 Å². The van der Waals surface area contributed by atoms with Gasteiger partial charge in [-0.1, -0.05) is 19.9 Å². The first-order chi connectivity index (χ1) is 16.1. The molecule has 3 heterocycles. The summed E-state index contributed by atoms with van der Waals surface area (Å²) in [6.45, 7) is 7.11. The number of rotatable bonds is 4. The Hall–Kier alpha value is -2.83. The number of halogens is 3. The molecule has 7 heteroatoms. The number of aromatic nitrogens is 2. The van der Waals surface area contributed by atoms with Gasteiger partial charge < -0.3 is 9.88 Å². The highest BCUT2D eigenvalue weighted by atomic mass is 19.4. The second kappa shape index (κ2) is 8.14. The molecule has 34 heavy (non-hydrogen) atoms. The maximum atomic E-state index is 13.4. The number of hydrogen-bond acceptors (Lipinski definition) is 2. The maximum Gasteiger partial charge on any atom is 0.403 e. The number of pyridine rings is 1. The van der Waals surface area contributed by atoms with Crippen molar-refractivity contribution >= 4 is 16.8 Å². The molecule has 0 bridgehead atoms. The Morgan fingerprint density at radius 2 is 1.85 bits per heavy atom. The Balaban J connectivity index is 1.39. The predicted octanol–water partition coefficient (Wildman–Crippen LogP) is 6.71. The number of alkyl halides is 3. The van der Waals surface area contributed by atoms with E-state index in [-0.39, 0.29) is 18.8 Å². The summed E-state index contributed by atoms with van der Waals surface area (Å²) in [7, 11) is 0. The Bertz CT molecular complexity index is 1230. The highest BCUT2D eigenvalue weighted by Gasteiger charge is 2.69. The van der Waals surface area contributed by atoms with Crippen LogP contribution < -0.4 is 0 Å². The van der Waals surface area contributed by atoms with E-state index < -0.39 is 17.5 Å². The van der Waals surface area contributed by atoms with Crippen molar-refractivity contribution in [3.8, 4) is 11.3 Å². The van der Waals surface area contributed by atoms with Crippen molar-refractivity contribution in [2.45, 2.75) is 64.5 Å². The first-order valence-electron chi connectivity index (χ1n) is 12.1. The molecular weight excluding hydrogens is 439 g/mol. The van der Waals surface area contributed by atoms with Crippen LogP contribution in [0.3, 0.4) is 0 Å². The minimum atomic E-state index is -4.45. The molecule has 1 N–H and O–H groups in total. The molecule has 4 nitrogen and oxygen atoms in total. The summed E-state index contributed by atoms with van der Waals surface area (Å²) in [5.41, 5.74) is 4.59. The molecule has 180 valence electrons. The number of benzene rings is 1. The third kappa shape index (κ3) is 3.79. The SMILES string of the molecule is Cc1cc(-c2[nH]c3ccc(C4CCN(C(=O)C5(C(F)(F)F)CC5)CC4)cc3c2C(C)C)ccn1. The molecular formula is C27H30F3N3O. The number of amides is 1. The van der Waals surface area contributed by atoms with Gasteiger partial charge in [-0.3, -0.25) is 9.78 Å². The fourth-order valence-corrected chi connectivity index (χ4v) is 5.47. The van der Waals surface area contributed by atoms with Crippen molar-refractivity contribution in [2.24, 2.45) is 5.41 Å². The van der Waals surface area contributed by atoms with Crippen LogP contribution in [0.5, 0.6) is 0 Å². The third-order valence-corrected chi connectivity index (χ3v) is 7.58. The molecule has 5 rings (SSSR count). The van der Waals surface area contributed by atoms with Crippen LogP contribution in [0.1, 0.15) is 68.2 Å². The molecule has 1 saturated heterocycles. The number of likely N-dealkylation sites (tertiary alicyclic amines) is 1. The van der Waals surface area contributed by atoms with E-state index in [2.05, 4.69) is 48.1 Å². The minimum Gasteiger partial charge on any atom is -0.354 e. The van der Waals surface area contributed by atoms with Crippen molar-refractivity contribution < 1.29 is 18.0 Å². The van der Waals surface area contributed by atoms with Crippen molar-refractivity contribution in [3.63, 3.8) is 0 Å². The molecule has 0 atom stereocenters. The first kappa shape index (κ1) is 22.9. The molecule has 2 aliphatic rings. The van der Waals surface area contributed by atoms with Crippen LogP contribution in [0.4, 0.5) is 13.2 Å². The molecule has 0 spiro atoms. The normalized spacial score (nSPS) is 18.6. The zero-order valence-electron chi connectivity index (χ0n) is 19.8. The summed E-state index contributed by atoms with van der Waals surface area (Å²) in [6, 6.07) is 10.6. The monoisotopic (exact) mass is 469 g/mol. The summed E-state index contributed by atoms with van der Waals surface area (Å²) < 4.78 is 40.2. The lowest BCUT2D eigenvalue weighted by Gasteiger charge is -2.35. The lowest BCUT2D eigenvalue weighted by molar-refractivity contribution is -0.199. The van der Waals surface area contributed by atoms with Crippen LogP contribution in [0, 0.1) is 12.3 Å². The van der Waals surface area contributed by atoms with Gasteiger partial charge in [0.2, 0.25) is 5.91 Å². The van der Waals surface area contributed by atoms with E-state index >= 15 is 0 Å². The predicted molar refractivity (Wildman–Crippen MR) is 127 cm³/mol. The van der Waals surface area contributed by atoms with E-state index in [9.17, 15) is 18.0 Å². The van der Waals surface area contributed by atoms with Crippen LogP contribution in [-0.2, 0) is 4.79 Å². The number of H-pyrrole nitrogens is 1. The maximum absolute atomic E-state index is 13.4. The van der Waals surface area contributed by atoms with Gasteiger partial charge >= 0.3 is 6.18 Å². The largest absolute Gasteiger partial charge is 0.403 e. The number of fused-ring (bicyclic) bond motifs is 1. The van der Waals surface area contributed by atoms with Gasteiger partial charge in [0.25, 0.3) is 0 Å². The van der Waals surface area contributed by atoms with Gasteiger partial charge in [0, 0.05) is 41.4 Å². The van der Waals surface area contributed by atoms with Gasteiger partial charge in [-0.05, 0) is 79.8 Å². The van der Waals surface area contributed by atoms with Gasteiger partial charge in [0.05, 0.1) is 5.69 Å². The van der Waals surface area contributed by atoms with E-state index in [1.807, 2.05) is 19.2 Å². The number of carbonyl (C=O) groups excluding carboxylic acids is 1. The summed E-state index contributed by atoms with van der Waals surface area (Å²) >= 11 is 0. The van der Waals surface area contributed by atoms with Gasteiger partial charge in [-0.25, -0.2) is 0 Å². The van der Waals surface area contributed by atoms with Gasteiger partial charge in [-0.15, -0.1) is 0 Å². The number of aromatic amines is 1. The zero-order valence-corrected chi connectivity index (χ0v) is 19.8. The number of piperidine rings is 1. The Morgan fingerprint density at radius 3 is 2.44 bits per heavy atom. The highest BCUT2D eigenvalue weighted by molar-refractivity contribution is 5.92. The molecule has 2 fully saturated rings. The standard InChI is InChI=1S/C27H30F3N3O/c1-16(2)23-21-15-19(4-5-22(21)32-24(23)20-6-11-31-17(3)14-20)18-7-12-33(13-8-18)25(34)26(9-10-26)27(28,29)30/h4-6,11,14-16,18,32H,7-10,12-13H2,1-3H3. The van der Waals surface area contributed by atoms with E-state index in [1.165, 1.54) is 21.4 Å². The average molecular weight is 470 g/mol. The van der Waals surface area contributed by atoms with Crippen molar-refractivity contribution in [1.29, 1.82) is 0 Å². The van der Waals surface area contributed by atoms with Gasteiger partial charge in [-0.2, -0.15) is 13.2 Å². The number of carbonyl (C=O) groups is 1. The summed E-state index contributed by atoms with van der Waals surface area (Å²) in [4.78, 5) is 22.0. The highest BCUT2D eigenvalue weighted by Crippen LogP contribution is 2.59. The van der Waals surface area contributed by atoms with Crippen molar-refractivity contribution in [2.75, 3.05) is 13.1 Å². The molecule has 1 aliphatic heterocycles. The fraction of sp³-hybridized carbons (Fsp3) is 0.481. The second-order valence-corrected chi connectivity index (χ2v) is 10.2. The quantitative estimate of drug-likeness (QED) is 0.462. The van der Waals surface area contributed by atoms with Crippen molar-refractivity contribution in [1.82, 2.24) is 14.9 Å². The average Bonchev–Trinajstić information content (AvgIpc) is 3.53. The fourth-order valence-electron chi connectivity index (χ4n) is 5.47. The third-order valence-electron chi connectivity index (χ3n) is 7.58. The Kier molecular flexibility index (Phi) is 5.49. The Labute approximate surface area is 197 Å². The number of aryl methyl sites for hydroxylation is 1. The van der Waals surface area contributed by atoms with Gasteiger partial charge in [0.15, 0.2) is 0 Å². The molecule has 1 saturated carbocycles. The first-order valence-corrected chi connectivity index (χ1v) is 12.1. The molecule has 1 aromatic carbocycles. The van der Waals surface area contributed by atoms with Crippen molar-refractivity contribution in [3.05, 3.63) is 53.3 Å². The van der Waals surface area contributed by atoms with Crippen LogP contribution in [-0.4, -0.2) is 40.0 Å². The summed E-state index contributed by atoms with van der Waals surface area (Å²) in [5, 5.41) is 1.18. The molecule has 0 unspecified atom stereocenters. The van der Waals surface area contributed by atoms with E-state index in [0.29, 0.717) is 31.8 Å². The van der Waals surface area contributed by atoms with E-state index in [1.54, 1.807) is 0 Å². The topological polar surface area (TPSA) is 49.0 Å². The zero-order chi connectivity index (χ0) is 24.3.